The van der Waals surface area contributed by atoms with Gasteiger partial charge in [0.2, 0.25) is 11.8 Å². The van der Waals surface area contributed by atoms with E-state index in [2.05, 4.69) is 0 Å². The van der Waals surface area contributed by atoms with Crippen molar-refractivity contribution in [3.8, 4) is 23.0 Å². The van der Waals surface area contributed by atoms with Crippen molar-refractivity contribution in [3.63, 3.8) is 0 Å². The standard InChI is InChI=1S/C37H38N4O5/c1-37(2,3)46-36(43)41-21-20-31(42)30(22-41)27-16-11-17-28-33(39-40(4)34(27)28)29-18-19-32(44-23-25-12-7-5-8-13-25)38-35(29)45-24-26-14-9-6-10-15-26/h5-19,30H,20-24H2,1-4H3. The zero-order chi connectivity index (χ0) is 32.3. The monoisotopic (exact) mass is 618 g/mol. The first-order valence-electron chi connectivity index (χ1n) is 15.5. The molecule has 3 heterocycles. The molecule has 0 aliphatic carbocycles. The van der Waals surface area contributed by atoms with Gasteiger partial charge in [-0.3, -0.25) is 9.48 Å². The second kappa shape index (κ2) is 13.0. The molecular formula is C37H38N4O5. The Balaban J connectivity index is 1.35. The number of Topliss-reactive ketones (excluding diaryl/α,β-unsaturated/α-hetero) is 1. The number of amides is 1. The van der Waals surface area contributed by atoms with Crippen LogP contribution in [0.3, 0.4) is 0 Å². The number of fused-ring (bicyclic) bond motifs is 1. The van der Waals surface area contributed by atoms with Crippen LogP contribution >= 0.6 is 0 Å². The quantitative estimate of drug-likeness (QED) is 0.183. The number of para-hydroxylation sites is 1. The van der Waals surface area contributed by atoms with Crippen LogP contribution in [0, 0.1) is 0 Å². The molecular weight excluding hydrogens is 580 g/mol. The predicted octanol–water partition coefficient (Wildman–Crippen LogP) is 7.09. The molecule has 1 aliphatic heterocycles. The molecule has 1 saturated heterocycles. The summed E-state index contributed by atoms with van der Waals surface area (Å²) in [4.78, 5) is 32.6. The number of benzene rings is 3. The third-order valence-corrected chi connectivity index (χ3v) is 7.88. The minimum absolute atomic E-state index is 0.0866. The Morgan fingerprint density at radius 1 is 0.870 bits per heavy atom. The topological polar surface area (TPSA) is 95.8 Å². The zero-order valence-corrected chi connectivity index (χ0v) is 26.6. The van der Waals surface area contributed by atoms with E-state index < -0.39 is 17.6 Å². The van der Waals surface area contributed by atoms with E-state index in [0.717, 1.165) is 27.6 Å². The van der Waals surface area contributed by atoms with E-state index in [1.54, 1.807) is 9.58 Å². The van der Waals surface area contributed by atoms with Crippen LogP contribution in [-0.4, -0.2) is 50.2 Å². The Morgan fingerprint density at radius 3 is 2.22 bits per heavy atom. The SMILES string of the molecule is Cn1nc(-c2ccc(OCc3ccccc3)nc2OCc2ccccc2)c2cccc(C3CN(C(=O)OC(C)(C)C)CCC3=O)c21. The van der Waals surface area contributed by atoms with E-state index in [-0.39, 0.29) is 18.7 Å². The molecule has 1 aliphatic rings. The Hall–Kier alpha value is -5.18. The fraction of sp³-hybridized carbons (Fsp3) is 0.297. The summed E-state index contributed by atoms with van der Waals surface area (Å²) in [5.41, 5.74) is 4.43. The van der Waals surface area contributed by atoms with Gasteiger partial charge in [-0.15, -0.1) is 0 Å². The number of aromatic nitrogens is 3. The highest BCUT2D eigenvalue weighted by Gasteiger charge is 2.35. The van der Waals surface area contributed by atoms with E-state index in [0.29, 0.717) is 42.8 Å². The second-order valence-electron chi connectivity index (χ2n) is 12.5. The summed E-state index contributed by atoms with van der Waals surface area (Å²) in [6.07, 6.45) is -0.152. The first kappa shape index (κ1) is 30.8. The molecule has 1 atom stereocenters. The lowest BCUT2D eigenvalue weighted by atomic mass is 9.88. The van der Waals surface area contributed by atoms with Gasteiger partial charge in [0, 0.05) is 38.0 Å². The third kappa shape index (κ3) is 6.88. The van der Waals surface area contributed by atoms with Crippen molar-refractivity contribution in [2.75, 3.05) is 13.1 Å². The van der Waals surface area contributed by atoms with Gasteiger partial charge >= 0.3 is 6.09 Å². The van der Waals surface area contributed by atoms with Gasteiger partial charge in [0.05, 0.1) is 17.0 Å². The van der Waals surface area contributed by atoms with E-state index in [4.69, 9.17) is 24.3 Å². The molecule has 1 fully saturated rings. The normalized spacial score (nSPS) is 15.2. The molecule has 6 rings (SSSR count). The third-order valence-electron chi connectivity index (χ3n) is 7.88. The van der Waals surface area contributed by atoms with Crippen molar-refractivity contribution in [1.29, 1.82) is 0 Å². The van der Waals surface area contributed by atoms with Gasteiger partial charge in [-0.2, -0.15) is 10.1 Å². The number of carbonyl (C=O) groups is 2. The summed E-state index contributed by atoms with van der Waals surface area (Å²) >= 11 is 0. The Labute approximate surface area is 268 Å². The number of piperidine rings is 1. The highest BCUT2D eigenvalue weighted by atomic mass is 16.6. The number of likely N-dealkylation sites (tertiary alicyclic amines) is 1. The molecule has 5 aromatic rings. The summed E-state index contributed by atoms with van der Waals surface area (Å²) in [6.45, 7) is 6.78. The second-order valence-corrected chi connectivity index (χ2v) is 12.5. The summed E-state index contributed by atoms with van der Waals surface area (Å²) in [6, 6.07) is 29.4. The number of rotatable bonds is 8. The molecule has 0 saturated carbocycles. The Morgan fingerprint density at radius 2 is 1.54 bits per heavy atom. The molecule has 0 N–H and O–H groups in total. The molecule has 0 bridgehead atoms. The average molecular weight is 619 g/mol. The smallest absolute Gasteiger partial charge is 0.410 e. The highest BCUT2D eigenvalue weighted by molar-refractivity contribution is 5.99. The number of pyridine rings is 1. The van der Waals surface area contributed by atoms with Crippen LogP contribution in [0.15, 0.2) is 91.0 Å². The molecule has 0 radical (unpaired) electrons. The van der Waals surface area contributed by atoms with E-state index in [9.17, 15) is 9.59 Å². The fourth-order valence-corrected chi connectivity index (χ4v) is 5.70. The van der Waals surface area contributed by atoms with E-state index in [1.165, 1.54) is 0 Å². The summed E-state index contributed by atoms with van der Waals surface area (Å²) in [5.74, 6) is 0.411. The van der Waals surface area contributed by atoms with E-state index in [1.807, 2.05) is 119 Å². The van der Waals surface area contributed by atoms with Crippen LogP contribution in [0.1, 0.15) is 49.8 Å². The van der Waals surface area contributed by atoms with E-state index >= 15 is 0 Å². The maximum absolute atomic E-state index is 13.3. The zero-order valence-electron chi connectivity index (χ0n) is 26.6. The number of nitrogens with zero attached hydrogens (tertiary/aromatic N) is 4. The van der Waals surface area contributed by atoms with Crippen LogP contribution in [0.4, 0.5) is 4.79 Å². The number of hydrogen-bond acceptors (Lipinski definition) is 7. The lowest BCUT2D eigenvalue weighted by Gasteiger charge is -2.33. The van der Waals surface area contributed by atoms with Gasteiger partial charge in [-0.1, -0.05) is 78.9 Å². The van der Waals surface area contributed by atoms with Gasteiger partial charge in [-0.05, 0) is 43.5 Å². The number of ether oxygens (including phenoxy) is 3. The number of ketones is 1. The average Bonchev–Trinajstić information content (AvgIpc) is 3.39. The van der Waals surface area contributed by atoms with Crippen molar-refractivity contribution >= 4 is 22.8 Å². The molecule has 3 aromatic carbocycles. The van der Waals surface area contributed by atoms with Crippen molar-refractivity contribution in [2.24, 2.45) is 7.05 Å². The van der Waals surface area contributed by atoms with Crippen LogP contribution in [0.2, 0.25) is 0 Å². The van der Waals surface area contributed by atoms with Gasteiger partial charge in [0.15, 0.2) is 0 Å². The van der Waals surface area contributed by atoms with Crippen LogP contribution in [0.25, 0.3) is 22.2 Å². The van der Waals surface area contributed by atoms with Gasteiger partial charge in [-0.25, -0.2) is 4.79 Å². The maximum Gasteiger partial charge on any atom is 0.410 e. The molecule has 9 nitrogen and oxygen atoms in total. The highest BCUT2D eigenvalue weighted by Crippen LogP contribution is 2.38. The maximum atomic E-state index is 13.3. The minimum Gasteiger partial charge on any atom is -0.473 e. The van der Waals surface area contributed by atoms with Crippen molar-refractivity contribution in [1.82, 2.24) is 19.7 Å². The molecule has 236 valence electrons. The first-order chi connectivity index (χ1) is 22.2. The van der Waals surface area contributed by atoms with Gasteiger partial charge in [0.25, 0.3) is 0 Å². The Kier molecular flexibility index (Phi) is 8.74. The van der Waals surface area contributed by atoms with Gasteiger partial charge < -0.3 is 19.1 Å². The summed E-state index contributed by atoms with van der Waals surface area (Å²) < 4.78 is 19.8. The Bertz CT molecular complexity index is 1850. The van der Waals surface area contributed by atoms with Crippen molar-refractivity contribution in [2.45, 2.75) is 51.9 Å². The molecule has 9 heteroatoms. The van der Waals surface area contributed by atoms with Crippen LogP contribution < -0.4 is 9.47 Å². The summed E-state index contributed by atoms with van der Waals surface area (Å²) in [5, 5.41) is 5.77. The minimum atomic E-state index is -0.624. The van der Waals surface area contributed by atoms with Crippen molar-refractivity contribution in [3.05, 3.63) is 108 Å². The molecule has 1 amide bonds. The van der Waals surface area contributed by atoms with Crippen molar-refractivity contribution < 1.29 is 23.8 Å². The molecule has 1 unspecified atom stereocenters. The molecule has 0 spiro atoms. The first-order valence-corrected chi connectivity index (χ1v) is 15.5. The number of hydrogen-bond donors (Lipinski definition) is 0. The lowest BCUT2D eigenvalue weighted by Crippen LogP contribution is -2.45. The predicted molar refractivity (Wildman–Crippen MR) is 176 cm³/mol. The number of carbonyl (C=O) groups excluding carboxylic acids is 2. The van der Waals surface area contributed by atoms with Gasteiger partial charge in [0.1, 0.15) is 30.3 Å². The lowest BCUT2D eigenvalue weighted by molar-refractivity contribution is -0.123. The summed E-state index contributed by atoms with van der Waals surface area (Å²) in [7, 11) is 1.86. The largest absolute Gasteiger partial charge is 0.473 e. The van der Waals surface area contributed by atoms with Crippen LogP contribution in [0.5, 0.6) is 11.8 Å². The molecule has 46 heavy (non-hydrogen) atoms. The fourth-order valence-electron chi connectivity index (χ4n) is 5.70. The molecule has 2 aromatic heterocycles. The van der Waals surface area contributed by atoms with Crippen LogP contribution in [-0.2, 0) is 29.8 Å². The number of aryl methyl sites for hydroxylation is 1.